The van der Waals surface area contributed by atoms with Crippen molar-refractivity contribution < 1.29 is 32.3 Å². The van der Waals surface area contributed by atoms with Crippen LogP contribution in [0.15, 0.2) is 24.4 Å². The predicted octanol–water partition coefficient (Wildman–Crippen LogP) is 4.51. The fourth-order valence-electron chi connectivity index (χ4n) is 4.73. The standard InChI is InChI=1S/C27H32Cl2F3N5O4/c1-13(2)21(23(38)27(30,31)32)34-25(40)20-7-6-8-36(20)26(41)22(14(3)4)35-24(39)19-12-33-37(15(19)5)18-10-16(28)9-17(29)11-18/h9-14,20-22H,6-8H2,1-5H3,(H,34,40)(H,35,39)/t20-,21-,22-/m0/s1. The van der Waals surface area contributed by atoms with Crippen LogP contribution in [0, 0.1) is 18.8 Å². The molecule has 3 rings (SSSR count). The molecule has 0 spiro atoms. The zero-order valence-electron chi connectivity index (χ0n) is 23.2. The largest absolute Gasteiger partial charge is 0.452 e. The molecule has 0 unspecified atom stereocenters. The number of hydrogen-bond acceptors (Lipinski definition) is 5. The number of nitrogens with one attached hydrogen (secondary N) is 2. The van der Waals surface area contributed by atoms with Crippen molar-refractivity contribution in [1.29, 1.82) is 0 Å². The number of hydrogen-bond donors (Lipinski definition) is 2. The molecule has 0 bridgehead atoms. The Morgan fingerprint density at radius 3 is 2.10 bits per heavy atom. The molecule has 2 aromatic rings. The molecular formula is C27H32Cl2F3N5O4. The van der Waals surface area contributed by atoms with E-state index < -0.39 is 59.6 Å². The van der Waals surface area contributed by atoms with Gasteiger partial charge in [-0.05, 0) is 49.8 Å². The van der Waals surface area contributed by atoms with E-state index >= 15 is 0 Å². The molecule has 1 aromatic heterocycles. The van der Waals surface area contributed by atoms with E-state index in [2.05, 4.69) is 15.7 Å². The summed E-state index contributed by atoms with van der Waals surface area (Å²) in [6, 6.07) is 0.896. The molecule has 2 N–H and O–H groups in total. The maximum Gasteiger partial charge on any atom is 0.452 e. The summed E-state index contributed by atoms with van der Waals surface area (Å²) in [7, 11) is 0. The average molecular weight is 618 g/mol. The second kappa shape index (κ2) is 12.8. The molecule has 1 aliphatic heterocycles. The van der Waals surface area contributed by atoms with Gasteiger partial charge in [0.1, 0.15) is 12.1 Å². The van der Waals surface area contributed by atoms with Crippen molar-refractivity contribution in [1.82, 2.24) is 25.3 Å². The van der Waals surface area contributed by atoms with Crippen molar-refractivity contribution >= 4 is 46.7 Å². The highest BCUT2D eigenvalue weighted by Crippen LogP contribution is 2.26. The first-order chi connectivity index (χ1) is 19.0. The van der Waals surface area contributed by atoms with Crippen molar-refractivity contribution in [2.45, 2.75) is 71.8 Å². The number of rotatable bonds is 9. The number of ketones is 1. The average Bonchev–Trinajstić information content (AvgIpc) is 3.50. The third-order valence-electron chi connectivity index (χ3n) is 6.93. The van der Waals surface area contributed by atoms with Gasteiger partial charge in [-0.1, -0.05) is 50.9 Å². The molecule has 1 aliphatic rings. The number of aromatic nitrogens is 2. The lowest BCUT2D eigenvalue weighted by Gasteiger charge is -2.31. The first-order valence-corrected chi connectivity index (χ1v) is 13.8. The van der Waals surface area contributed by atoms with Crippen LogP contribution >= 0.6 is 23.2 Å². The normalized spacial score (nSPS) is 17.1. The van der Waals surface area contributed by atoms with Crippen molar-refractivity contribution in [3.05, 3.63) is 45.7 Å². The van der Waals surface area contributed by atoms with Gasteiger partial charge < -0.3 is 15.5 Å². The monoisotopic (exact) mass is 617 g/mol. The zero-order valence-corrected chi connectivity index (χ0v) is 24.7. The van der Waals surface area contributed by atoms with Crippen LogP contribution in [0.5, 0.6) is 0 Å². The second-order valence-corrected chi connectivity index (χ2v) is 11.5. The maximum absolute atomic E-state index is 13.6. The minimum absolute atomic E-state index is 0.169. The quantitative estimate of drug-likeness (QED) is 0.430. The Labute approximate surface area is 245 Å². The lowest BCUT2D eigenvalue weighted by atomic mass is 9.98. The van der Waals surface area contributed by atoms with Gasteiger partial charge in [-0.3, -0.25) is 19.2 Å². The summed E-state index contributed by atoms with van der Waals surface area (Å²) in [6.45, 7) is 8.05. The number of carbonyl (C=O) groups is 4. The van der Waals surface area contributed by atoms with Gasteiger partial charge in [-0.2, -0.15) is 18.3 Å². The van der Waals surface area contributed by atoms with Gasteiger partial charge in [-0.15, -0.1) is 0 Å². The number of likely N-dealkylation sites (tertiary alicyclic amines) is 1. The van der Waals surface area contributed by atoms with E-state index in [0.29, 0.717) is 27.8 Å². The summed E-state index contributed by atoms with van der Waals surface area (Å²) in [5.74, 6) is -5.26. The Balaban J connectivity index is 1.79. The Kier molecular flexibility index (Phi) is 10.1. The summed E-state index contributed by atoms with van der Waals surface area (Å²) in [5.41, 5.74) is 1.19. The first-order valence-electron chi connectivity index (χ1n) is 13.1. The van der Waals surface area contributed by atoms with Gasteiger partial charge in [0.25, 0.3) is 11.7 Å². The molecular weight excluding hydrogens is 586 g/mol. The molecule has 224 valence electrons. The van der Waals surface area contributed by atoms with Crippen LogP contribution in [0.25, 0.3) is 5.69 Å². The molecule has 1 saturated heterocycles. The molecule has 1 fully saturated rings. The summed E-state index contributed by atoms with van der Waals surface area (Å²) in [5, 5.41) is 9.94. The van der Waals surface area contributed by atoms with Gasteiger partial charge in [0.05, 0.1) is 29.2 Å². The van der Waals surface area contributed by atoms with Crippen LogP contribution in [0.4, 0.5) is 13.2 Å². The molecule has 2 heterocycles. The van der Waals surface area contributed by atoms with Crippen molar-refractivity contribution in [3.63, 3.8) is 0 Å². The van der Waals surface area contributed by atoms with E-state index in [4.69, 9.17) is 23.2 Å². The van der Waals surface area contributed by atoms with Gasteiger partial charge in [-0.25, -0.2) is 4.68 Å². The summed E-state index contributed by atoms with van der Waals surface area (Å²) in [6.07, 6.45) is -3.14. The summed E-state index contributed by atoms with van der Waals surface area (Å²) in [4.78, 5) is 53.0. The van der Waals surface area contributed by atoms with E-state index in [9.17, 15) is 32.3 Å². The second-order valence-electron chi connectivity index (χ2n) is 10.7. The Bertz CT molecular complexity index is 1310. The lowest BCUT2D eigenvalue weighted by Crippen LogP contribution is -2.58. The highest BCUT2D eigenvalue weighted by molar-refractivity contribution is 6.34. The van der Waals surface area contributed by atoms with E-state index in [1.165, 1.54) is 29.6 Å². The molecule has 0 aliphatic carbocycles. The first kappa shape index (κ1) is 32.4. The van der Waals surface area contributed by atoms with Crippen LogP contribution in [0.3, 0.4) is 0 Å². The Morgan fingerprint density at radius 1 is 0.976 bits per heavy atom. The van der Waals surface area contributed by atoms with Crippen LogP contribution in [-0.4, -0.2) is 69.0 Å². The van der Waals surface area contributed by atoms with Crippen LogP contribution < -0.4 is 10.6 Å². The molecule has 1 aromatic carbocycles. The number of Topliss-reactive ketones (excluding diaryl/α,β-unsaturated/α-hetero) is 1. The van der Waals surface area contributed by atoms with Gasteiger partial charge in [0.2, 0.25) is 11.8 Å². The molecule has 3 atom stereocenters. The minimum Gasteiger partial charge on any atom is -0.344 e. The van der Waals surface area contributed by atoms with Gasteiger partial charge >= 0.3 is 6.18 Å². The fourth-order valence-corrected chi connectivity index (χ4v) is 5.24. The third-order valence-corrected chi connectivity index (χ3v) is 7.37. The van der Waals surface area contributed by atoms with E-state index in [1.54, 1.807) is 39.0 Å². The fraction of sp³-hybridized carbons (Fsp3) is 0.519. The minimum atomic E-state index is -5.12. The molecule has 0 saturated carbocycles. The SMILES string of the molecule is Cc1c(C(=O)N[C@H](C(=O)N2CCC[C@H]2C(=O)N[C@H](C(=O)C(F)(F)F)C(C)C)C(C)C)cnn1-c1cc(Cl)cc(Cl)c1. The van der Waals surface area contributed by atoms with Crippen LogP contribution in [0.1, 0.15) is 56.6 Å². The number of carbonyl (C=O) groups excluding carboxylic acids is 4. The van der Waals surface area contributed by atoms with E-state index in [-0.39, 0.29) is 18.5 Å². The highest BCUT2D eigenvalue weighted by atomic mass is 35.5. The Morgan fingerprint density at radius 2 is 1.56 bits per heavy atom. The topological polar surface area (TPSA) is 113 Å². The number of nitrogens with zero attached hydrogens (tertiary/aromatic N) is 3. The zero-order chi connectivity index (χ0) is 30.8. The number of alkyl halides is 3. The molecule has 3 amide bonds. The summed E-state index contributed by atoms with van der Waals surface area (Å²) < 4.78 is 40.7. The lowest BCUT2D eigenvalue weighted by molar-refractivity contribution is -0.175. The van der Waals surface area contributed by atoms with Crippen LogP contribution in [-0.2, 0) is 14.4 Å². The third kappa shape index (κ3) is 7.40. The number of amides is 3. The number of benzene rings is 1. The van der Waals surface area contributed by atoms with Crippen molar-refractivity contribution in [2.75, 3.05) is 6.54 Å². The molecule has 0 radical (unpaired) electrons. The summed E-state index contributed by atoms with van der Waals surface area (Å²) >= 11 is 12.2. The van der Waals surface area contributed by atoms with Crippen molar-refractivity contribution in [3.8, 4) is 5.69 Å². The number of halogens is 5. The van der Waals surface area contributed by atoms with Crippen LogP contribution in [0.2, 0.25) is 10.0 Å². The predicted molar refractivity (Wildman–Crippen MR) is 147 cm³/mol. The smallest absolute Gasteiger partial charge is 0.344 e. The Hall–Kier alpha value is -3.12. The molecule has 41 heavy (non-hydrogen) atoms. The van der Waals surface area contributed by atoms with Crippen molar-refractivity contribution in [2.24, 2.45) is 11.8 Å². The maximum atomic E-state index is 13.6. The molecule has 14 heteroatoms. The van der Waals surface area contributed by atoms with Gasteiger partial charge in [0, 0.05) is 16.6 Å². The highest BCUT2D eigenvalue weighted by Gasteiger charge is 2.46. The van der Waals surface area contributed by atoms with E-state index in [0.717, 1.165) is 0 Å². The van der Waals surface area contributed by atoms with E-state index in [1.807, 2.05) is 0 Å². The molecule has 9 nitrogen and oxygen atoms in total. The van der Waals surface area contributed by atoms with Gasteiger partial charge in [0.15, 0.2) is 0 Å².